The number of hydrogen-bond donors (Lipinski definition) is 1. The molecule has 0 saturated carbocycles. The van der Waals surface area contributed by atoms with E-state index < -0.39 is 15.6 Å². The van der Waals surface area contributed by atoms with Crippen LogP contribution in [0.15, 0.2) is 131 Å². The minimum Gasteiger partial charge on any atom is -0.319 e. The summed E-state index contributed by atoms with van der Waals surface area (Å²) in [5.74, 6) is 0.554. The van der Waals surface area contributed by atoms with Crippen molar-refractivity contribution >= 4 is 38.3 Å². The van der Waals surface area contributed by atoms with Gasteiger partial charge in [0.25, 0.3) is 11.5 Å². The van der Waals surface area contributed by atoms with E-state index in [1.54, 1.807) is 35.4 Å². The van der Waals surface area contributed by atoms with Crippen molar-refractivity contribution < 1.29 is 13.2 Å². The topological polar surface area (TPSA) is 106 Å². The molecule has 0 aliphatic heterocycles. The first-order valence-electron chi connectivity index (χ1n) is 17.2. The number of amides is 1. The highest BCUT2D eigenvalue weighted by Crippen LogP contribution is 2.29. The van der Waals surface area contributed by atoms with Gasteiger partial charge in [0.15, 0.2) is 0 Å². The summed E-state index contributed by atoms with van der Waals surface area (Å²) < 4.78 is 32.8. The lowest BCUT2D eigenvalue weighted by Crippen LogP contribution is -2.40. The molecule has 2 aromatic heterocycles. The van der Waals surface area contributed by atoms with E-state index in [0.29, 0.717) is 40.9 Å². The molecule has 6 aromatic rings. The van der Waals surface area contributed by atoms with Gasteiger partial charge in [0.2, 0.25) is 10.0 Å². The molecule has 0 bridgehead atoms. The number of hydrogen-bond acceptors (Lipinski definition) is 5. The van der Waals surface area contributed by atoms with Crippen LogP contribution < -0.4 is 15.2 Å². The summed E-state index contributed by atoms with van der Waals surface area (Å²) >= 11 is 0. The second kappa shape index (κ2) is 14.9. The Balaban J connectivity index is 1.34. The molecule has 0 radical (unpaired) electrons. The molecule has 9 nitrogen and oxygen atoms in total. The van der Waals surface area contributed by atoms with Crippen molar-refractivity contribution in [1.82, 2.24) is 18.8 Å². The van der Waals surface area contributed by atoms with E-state index >= 15 is 0 Å². The van der Waals surface area contributed by atoms with E-state index in [1.165, 1.54) is 4.57 Å². The van der Waals surface area contributed by atoms with Crippen LogP contribution in [0.4, 0.5) is 11.4 Å². The Labute approximate surface area is 299 Å². The third-order valence-corrected chi connectivity index (χ3v) is 10.3. The Morgan fingerprint density at radius 3 is 2.04 bits per heavy atom. The number of unbranched alkanes of at least 4 members (excludes halogenated alkanes) is 1. The van der Waals surface area contributed by atoms with Gasteiger partial charge in [-0.15, -0.1) is 0 Å². The normalized spacial score (nSPS) is 11.9. The molecule has 51 heavy (non-hydrogen) atoms. The fourth-order valence-corrected chi connectivity index (χ4v) is 7.87. The Morgan fingerprint density at radius 2 is 1.43 bits per heavy atom. The highest BCUT2D eigenvalue weighted by molar-refractivity contribution is 7.89. The number of carbonyl (C=O) groups is 1. The molecule has 0 aliphatic carbocycles. The zero-order valence-electron chi connectivity index (χ0n) is 29.4. The number of rotatable bonds is 12. The Bertz CT molecular complexity index is 2270. The number of imidazole rings is 1. The molecule has 0 atom stereocenters. The summed E-state index contributed by atoms with van der Waals surface area (Å²) in [6.07, 6.45) is 4.22. The van der Waals surface area contributed by atoms with Crippen molar-refractivity contribution in [2.24, 2.45) is 0 Å². The second-order valence-electron chi connectivity index (χ2n) is 13.6. The Kier molecular flexibility index (Phi) is 10.4. The number of benzene rings is 4. The molecule has 1 amide bonds. The zero-order valence-corrected chi connectivity index (χ0v) is 30.2. The smallest absolute Gasteiger partial charge is 0.277 e. The van der Waals surface area contributed by atoms with Crippen molar-refractivity contribution in [1.29, 1.82) is 0 Å². The minimum absolute atomic E-state index is 0.158. The van der Waals surface area contributed by atoms with E-state index in [1.807, 2.05) is 116 Å². The molecule has 1 N–H and O–H groups in total. The predicted molar refractivity (Wildman–Crippen MR) is 204 cm³/mol. The van der Waals surface area contributed by atoms with Crippen LogP contribution >= 0.6 is 0 Å². The maximum Gasteiger partial charge on any atom is 0.277 e. The van der Waals surface area contributed by atoms with Gasteiger partial charge in [0.05, 0.1) is 10.4 Å². The minimum atomic E-state index is -3.77. The van der Waals surface area contributed by atoms with Gasteiger partial charge in [0, 0.05) is 41.6 Å². The lowest BCUT2D eigenvalue weighted by molar-refractivity contribution is -0.118. The van der Waals surface area contributed by atoms with Gasteiger partial charge in [-0.3, -0.25) is 14.5 Å². The second-order valence-corrected chi connectivity index (χ2v) is 15.3. The maximum absolute atomic E-state index is 14.2. The summed E-state index contributed by atoms with van der Waals surface area (Å²) in [4.78, 5) is 34.8. The van der Waals surface area contributed by atoms with Crippen molar-refractivity contribution in [2.45, 2.75) is 70.5 Å². The third kappa shape index (κ3) is 8.03. The van der Waals surface area contributed by atoms with Gasteiger partial charge in [-0.1, -0.05) is 92.2 Å². The van der Waals surface area contributed by atoms with Crippen LogP contribution in [0.25, 0.3) is 22.2 Å². The van der Waals surface area contributed by atoms with Crippen LogP contribution in [0.2, 0.25) is 0 Å². The quantitative estimate of drug-likeness (QED) is 0.141. The number of anilines is 2. The van der Waals surface area contributed by atoms with Crippen molar-refractivity contribution in [3.63, 3.8) is 0 Å². The molecule has 0 unspecified atom stereocenters. The van der Waals surface area contributed by atoms with Gasteiger partial charge < -0.3 is 9.13 Å². The number of para-hydroxylation sites is 2. The van der Waals surface area contributed by atoms with Crippen LogP contribution in [-0.2, 0) is 34.3 Å². The van der Waals surface area contributed by atoms with Gasteiger partial charge in [0.1, 0.15) is 17.9 Å². The van der Waals surface area contributed by atoms with E-state index in [0.717, 1.165) is 29.8 Å². The molecule has 0 saturated heterocycles. The van der Waals surface area contributed by atoms with E-state index in [2.05, 4.69) is 11.6 Å². The number of nitrogens with one attached hydrogen (secondary N) is 1. The van der Waals surface area contributed by atoms with Crippen LogP contribution in [0.3, 0.4) is 0 Å². The van der Waals surface area contributed by atoms with Crippen LogP contribution in [0.5, 0.6) is 0 Å². The highest BCUT2D eigenvalue weighted by atomic mass is 32.2. The SMILES string of the molecule is CCCCc1nc2ccn(CC(=O)N(c3ccccc3)c3ccccc3)c(=O)c2n1Cc1ccc(-c2ccccc2S(=O)(=O)NC(C)(C)C)cc1. The number of aryl methyl sites for hydroxylation is 1. The van der Waals surface area contributed by atoms with Crippen LogP contribution in [0.1, 0.15) is 51.9 Å². The lowest BCUT2D eigenvalue weighted by atomic mass is 10.0. The molecule has 2 heterocycles. The standard InChI is InChI=1S/C41H43N5O4S/c1-5-6-21-37-42-35-26-27-44(29-38(47)46(32-15-9-7-10-16-32)33-17-11-8-12-18-33)40(48)39(35)45(37)28-30-22-24-31(25-23-30)34-19-13-14-20-36(34)51(49,50)43-41(2,3)4/h7-20,22-27,43H,5-6,21,28-29H2,1-4H3. The zero-order chi connectivity index (χ0) is 36.2. The van der Waals surface area contributed by atoms with E-state index in [9.17, 15) is 18.0 Å². The monoisotopic (exact) mass is 701 g/mol. The molecule has 10 heteroatoms. The molecule has 262 valence electrons. The first kappa shape index (κ1) is 35.5. The van der Waals surface area contributed by atoms with Gasteiger partial charge in [-0.25, -0.2) is 18.1 Å². The first-order valence-corrected chi connectivity index (χ1v) is 18.7. The number of carbonyl (C=O) groups excluding carboxylic acids is 1. The number of pyridine rings is 1. The summed E-state index contributed by atoms with van der Waals surface area (Å²) in [7, 11) is -3.77. The van der Waals surface area contributed by atoms with Crippen molar-refractivity contribution in [2.75, 3.05) is 4.90 Å². The Morgan fingerprint density at radius 1 is 0.824 bits per heavy atom. The van der Waals surface area contributed by atoms with E-state index in [4.69, 9.17) is 4.98 Å². The van der Waals surface area contributed by atoms with Crippen LogP contribution in [0, 0.1) is 0 Å². The maximum atomic E-state index is 14.2. The molecule has 6 rings (SSSR count). The molecular formula is C41H43N5O4S. The van der Waals surface area contributed by atoms with Crippen LogP contribution in [-0.4, -0.2) is 34.0 Å². The highest BCUT2D eigenvalue weighted by Gasteiger charge is 2.25. The predicted octanol–water partition coefficient (Wildman–Crippen LogP) is 7.70. The molecule has 0 fully saturated rings. The average molecular weight is 702 g/mol. The fourth-order valence-electron chi connectivity index (χ4n) is 6.22. The summed E-state index contributed by atoms with van der Waals surface area (Å²) in [5.41, 5.74) is 3.81. The first-order chi connectivity index (χ1) is 24.4. The Hall–Kier alpha value is -5.32. The van der Waals surface area contributed by atoms with Crippen molar-refractivity contribution in [3.8, 4) is 11.1 Å². The average Bonchev–Trinajstić information content (AvgIpc) is 3.46. The molecule has 4 aromatic carbocycles. The number of fused-ring (bicyclic) bond motifs is 1. The lowest BCUT2D eigenvalue weighted by Gasteiger charge is -2.23. The van der Waals surface area contributed by atoms with Gasteiger partial charge in [-0.05, 0) is 74.7 Å². The summed E-state index contributed by atoms with van der Waals surface area (Å²) in [6, 6.07) is 35.3. The number of nitrogens with zero attached hydrogens (tertiary/aromatic N) is 4. The molecule has 0 aliphatic rings. The molecular weight excluding hydrogens is 659 g/mol. The number of sulfonamides is 1. The third-order valence-electron chi connectivity index (χ3n) is 8.51. The summed E-state index contributed by atoms with van der Waals surface area (Å²) in [5, 5.41) is 0. The number of aromatic nitrogens is 3. The van der Waals surface area contributed by atoms with Gasteiger partial charge in [-0.2, -0.15) is 0 Å². The van der Waals surface area contributed by atoms with Crippen molar-refractivity contribution in [3.05, 3.63) is 143 Å². The van der Waals surface area contributed by atoms with E-state index in [-0.39, 0.29) is 22.9 Å². The fraction of sp³-hybridized carbons (Fsp3) is 0.244. The molecule has 0 spiro atoms. The largest absolute Gasteiger partial charge is 0.319 e. The summed E-state index contributed by atoms with van der Waals surface area (Å²) in [6.45, 7) is 7.78. The van der Waals surface area contributed by atoms with Gasteiger partial charge >= 0.3 is 0 Å².